The van der Waals surface area contributed by atoms with Crippen LogP contribution >= 0.6 is 11.3 Å². The summed E-state index contributed by atoms with van der Waals surface area (Å²) in [4.78, 5) is 6.19. The van der Waals surface area contributed by atoms with Gasteiger partial charge in [-0.1, -0.05) is 33.1 Å². The van der Waals surface area contributed by atoms with E-state index in [1.165, 1.54) is 60.6 Å². The van der Waals surface area contributed by atoms with Gasteiger partial charge in [-0.25, -0.2) is 4.98 Å². The highest BCUT2D eigenvalue weighted by Crippen LogP contribution is 2.38. The number of hydrogen-bond acceptors (Lipinski definition) is 3. The molecular weight excluding hydrogens is 276 g/mol. The molecule has 120 valence electrons. The van der Waals surface area contributed by atoms with Crippen molar-refractivity contribution in [1.82, 2.24) is 10.3 Å². The third-order valence-corrected chi connectivity index (χ3v) is 6.21. The van der Waals surface area contributed by atoms with Gasteiger partial charge >= 0.3 is 0 Å². The van der Waals surface area contributed by atoms with E-state index in [4.69, 9.17) is 4.98 Å². The molecule has 1 aliphatic carbocycles. The number of aromatic nitrogens is 1. The van der Waals surface area contributed by atoms with Gasteiger partial charge in [0, 0.05) is 11.3 Å². The first-order valence-electron chi connectivity index (χ1n) is 8.77. The van der Waals surface area contributed by atoms with Crippen molar-refractivity contribution in [1.29, 1.82) is 0 Å². The lowest BCUT2D eigenvalue weighted by molar-refractivity contribution is 0.168. The quantitative estimate of drug-likeness (QED) is 0.786. The maximum atomic E-state index is 4.79. The lowest BCUT2D eigenvalue weighted by Crippen LogP contribution is -2.34. The number of thiazole rings is 1. The molecule has 21 heavy (non-hydrogen) atoms. The zero-order chi connectivity index (χ0) is 15.2. The van der Waals surface area contributed by atoms with Gasteiger partial charge in [0.15, 0.2) is 0 Å². The second-order valence-corrected chi connectivity index (χ2v) is 8.04. The summed E-state index contributed by atoms with van der Waals surface area (Å²) < 4.78 is 0. The Balaban J connectivity index is 2.01. The van der Waals surface area contributed by atoms with Crippen LogP contribution in [-0.2, 0) is 6.42 Å². The molecule has 1 aliphatic rings. The molecule has 2 rings (SSSR count). The van der Waals surface area contributed by atoms with E-state index in [-0.39, 0.29) is 0 Å². The summed E-state index contributed by atoms with van der Waals surface area (Å²) in [6, 6.07) is 0. The molecule has 3 heteroatoms. The molecule has 1 fully saturated rings. The van der Waals surface area contributed by atoms with E-state index in [0.29, 0.717) is 0 Å². The Morgan fingerprint density at radius 3 is 2.62 bits per heavy atom. The SMILES string of the molecule is CCCC1CCC(CNCC)C(Cc2nc(C)c(C)s2)C1. The maximum Gasteiger partial charge on any atom is 0.0933 e. The van der Waals surface area contributed by atoms with Crippen LogP contribution in [0.2, 0.25) is 0 Å². The van der Waals surface area contributed by atoms with Gasteiger partial charge in [-0.15, -0.1) is 11.3 Å². The molecule has 0 amide bonds. The highest BCUT2D eigenvalue weighted by molar-refractivity contribution is 7.11. The molecule has 1 aromatic heterocycles. The molecular formula is C18H32N2S. The van der Waals surface area contributed by atoms with E-state index >= 15 is 0 Å². The van der Waals surface area contributed by atoms with Gasteiger partial charge in [0.05, 0.1) is 10.7 Å². The molecule has 1 aromatic rings. The van der Waals surface area contributed by atoms with Crippen LogP contribution in [0.25, 0.3) is 0 Å². The lowest BCUT2D eigenvalue weighted by atomic mass is 9.71. The Hall–Kier alpha value is -0.410. The molecule has 0 aliphatic heterocycles. The minimum absolute atomic E-state index is 0.833. The van der Waals surface area contributed by atoms with Crippen molar-refractivity contribution in [3.63, 3.8) is 0 Å². The summed E-state index contributed by atoms with van der Waals surface area (Å²) in [5, 5.41) is 4.95. The van der Waals surface area contributed by atoms with Crippen molar-refractivity contribution >= 4 is 11.3 Å². The predicted octanol–water partition coefficient (Wildman–Crippen LogP) is 4.74. The molecule has 0 aromatic carbocycles. The van der Waals surface area contributed by atoms with Crippen LogP contribution in [0, 0.1) is 31.6 Å². The molecule has 2 nitrogen and oxygen atoms in total. The van der Waals surface area contributed by atoms with Crippen molar-refractivity contribution < 1.29 is 0 Å². The standard InChI is InChI=1S/C18H32N2S/c1-5-7-15-8-9-16(12-19-6-2)17(10-15)11-18-20-13(3)14(4)21-18/h15-17,19H,5-12H2,1-4H3. The van der Waals surface area contributed by atoms with Gasteiger partial charge in [0.25, 0.3) is 0 Å². The van der Waals surface area contributed by atoms with Crippen LogP contribution in [0.1, 0.15) is 61.5 Å². The van der Waals surface area contributed by atoms with Crippen molar-refractivity contribution in [3.8, 4) is 0 Å². The summed E-state index contributed by atoms with van der Waals surface area (Å²) in [5.41, 5.74) is 1.24. The van der Waals surface area contributed by atoms with Crippen LogP contribution in [0.3, 0.4) is 0 Å². The summed E-state index contributed by atoms with van der Waals surface area (Å²) >= 11 is 1.92. The van der Waals surface area contributed by atoms with Crippen molar-refractivity contribution in [2.45, 2.75) is 66.2 Å². The second-order valence-electron chi connectivity index (χ2n) is 6.75. The van der Waals surface area contributed by atoms with E-state index in [0.717, 1.165) is 24.3 Å². The van der Waals surface area contributed by atoms with Crippen LogP contribution in [-0.4, -0.2) is 18.1 Å². The van der Waals surface area contributed by atoms with E-state index in [1.54, 1.807) is 0 Å². The fourth-order valence-corrected chi connectivity index (χ4v) is 4.82. The summed E-state index contributed by atoms with van der Waals surface area (Å²) in [6.45, 7) is 11.2. The predicted molar refractivity (Wildman–Crippen MR) is 93.1 cm³/mol. The Labute approximate surface area is 134 Å². The summed E-state index contributed by atoms with van der Waals surface area (Å²) in [6.07, 6.45) is 8.23. The number of hydrogen-bond donors (Lipinski definition) is 1. The van der Waals surface area contributed by atoms with Crippen LogP contribution in [0.15, 0.2) is 0 Å². The first-order chi connectivity index (χ1) is 10.1. The highest BCUT2D eigenvalue weighted by atomic mass is 32.1. The van der Waals surface area contributed by atoms with E-state index in [2.05, 4.69) is 33.0 Å². The molecule has 3 unspecified atom stereocenters. The van der Waals surface area contributed by atoms with Gasteiger partial charge in [-0.05, 0) is 57.5 Å². The first kappa shape index (κ1) is 17.0. The van der Waals surface area contributed by atoms with Crippen molar-refractivity contribution in [2.24, 2.45) is 17.8 Å². The Kier molecular flexibility index (Phi) is 6.69. The number of nitrogens with one attached hydrogen (secondary N) is 1. The largest absolute Gasteiger partial charge is 0.317 e. The van der Waals surface area contributed by atoms with E-state index < -0.39 is 0 Å². The van der Waals surface area contributed by atoms with Gasteiger partial charge in [-0.2, -0.15) is 0 Å². The maximum absolute atomic E-state index is 4.79. The third kappa shape index (κ3) is 4.79. The second kappa shape index (κ2) is 8.28. The minimum Gasteiger partial charge on any atom is -0.317 e. The van der Waals surface area contributed by atoms with Crippen molar-refractivity contribution in [3.05, 3.63) is 15.6 Å². The molecule has 0 bridgehead atoms. The minimum atomic E-state index is 0.833. The van der Waals surface area contributed by atoms with Crippen LogP contribution < -0.4 is 5.32 Å². The molecule has 0 spiro atoms. The molecule has 3 atom stereocenters. The Bertz CT molecular complexity index is 407. The van der Waals surface area contributed by atoms with Gasteiger partial charge in [-0.3, -0.25) is 0 Å². The van der Waals surface area contributed by atoms with E-state index in [1.807, 2.05) is 11.3 Å². The summed E-state index contributed by atoms with van der Waals surface area (Å²) in [5.74, 6) is 2.64. The third-order valence-electron chi connectivity index (χ3n) is 5.11. The smallest absolute Gasteiger partial charge is 0.0933 e. The van der Waals surface area contributed by atoms with Crippen LogP contribution in [0.4, 0.5) is 0 Å². The molecule has 1 heterocycles. The summed E-state index contributed by atoms with van der Waals surface area (Å²) in [7, 11) is 0. The fourth-order valence-electron chi connectivity index (χ4n) is 3.79. The normalized spacial score (nSPS) is 26.2. The number of aryl methyl sites for hydroxylation is 2. The average molecular weight is 309 g/mol. The van der Waals surface area contributed by atoms with E-state index in [9.17, 15) is 0 Å². The lowest BCUT2D eigenvalue weighted by Gasteiger charge is -2.36. The Morgan fingerprint density at radius 2 is 2.00 bits per heavy atom. The zero-order valence-electron chi connectivity index (χ0n) is 14.2. The molecule has 1 N–H and O–H groups in total. The van der Waals surface area contributed by atoms with Gasteiger partial charge in [0.1, 0.15) is 0 Å². The van der Waals surface area contributed by atoms with Crippen molar-refractivity contribution in [2.75, 3.05) is 13.1 Å². The number of rotatable bonds is 7. The average Bonchev–Trinajstić information content (AvgIpc) is 2.77. The number of nitrogens with zero attached hydrogens (tertiary/aromatic N) is 1. The molecule has 0 saturated heterocycles. The Morgan fingerprint density at radius 1 is 1.19 bits per heavy atom. The highest BCUT2D eigenvalue weighted by Gasteiger charge is 2.30. The van der Waals surface area contributed by atoms with Gasteiger partial charge < -0.3 is 5.32 Å². The molecule has 0 radical (unpaired) electrons. The zero-order valence-corrected chi connectivity index (χ0v) is 15.1. The van der Waals surface area contributed by atoms with Gasteiger partial charge in [0.2, 0.25) is 0 Å². The monoisotopic (exact) mass is 308 g/mol. The first-order valence-corrected chi connectivity index (χ1v) is 9.59. The molecule has 1 saturated carbocycles. The van der Waals surface area contributed by atoms with Crippen LogP contribution in [0.5, 0.6) is 0 Å². The fraction of sp³-hybridized carbons (Fsp3) is 0.833. The topological polar surface area (TPSA) is 24.9 Å².